The van der Waals surface area contributed by atoms with Crippen molar-refractivity contribution in [2.24, 2.45) is 0 Å². The SMILES string of the molecule is COc1cccc(-c2nnc(SC(C)C(=O)NC(C)c3ccccc3)n2-c2ccccc2)c1. The molecule has 0 aliphatic heterocycles. The topological polar surface area (TPSA) is 69.0 Å². The van der Waals surface area contributed by atoms with E-state index in [-0.39, 0.29) is 17.2 Å². The lowest BCUT2D eigenvalue weighted by Crippen LogP contribution is -2.33. The molecule has 0 aliphatic rings. The molecule has 0 aliphatic carbocycles. The van der Waals surface area contributed by atoms with Crippen molar-refractivity contribution in [3.63, 3.8) is 0 Å². The standard InChI is InChI=1S/C26H26N4O2S/c1-18(20-11-6-4-7-12-20)27-25(31)19(2)33-26-29-28-24(21-13-10-16-23(17-21)32-3)30(26)22-14-8-5-9-15-22/h4-19H,1-3H3,(H,27,31). The molecule has 0 fully saturated rings. The first-order valence-electron chi connectivity index (χ1n) is 10.7. The quantitative estimate of drug-likeness (QED) is 0.363. The van der Waals surface area contributed by atoms with E-state index in [1.165, 1.54) is 11.8 Å². The van der Waals surface area contributed by atoms with Gasteiger partial charge < -0.3 is 10.1 Å². The van der Waals surface area contributed by atoms with Gasteiger partial charge in [-0.3, -0.25) is 9.36 Å². The molecule has 1 aromatic heterocycles. The van der Waals surface area contributed by atoms with E-state index in [1.54, 1.807) is 7.11 Å². The summed E-state index contributed by atoms with van der Waals surface area (Å²) in [5, 5.41) is 12.3. The minimum Gasteiger partial charge on any atom is -0.497 e. The molecule has 4 rings (SSSR count). The highest BCUT2D eigenvalue weighted by Crippen LogP contribution is 2.31. The molecule has 4 aromatic rings. The molecular formula is C26H26N4O2S. The molecule has 1 N–H and O–H groups in total. The maximum atomic E-state index is 12.9. The fourth-order valence-electron chi connectivity index (χ4n) is 3.47. The highest BCUT2D eigenvalue weighted by molar-refractivity contribution is 8.00. The number of carbonyl (C=O) groups is 1. The number of nitrogens with one attached hydrogen (secondary N) is 1. The maximum Gasteiger partial charge on any atom is 0.233 e. The van der Waals surface area contributed by atoms with Crippen LogP contribution in [0.5, 0.6) is 5.75 Å². The summed E-state index contributed by atoms with van der Waals surface area (Å²) in [6, 6.07) is 27.5. The van der Waals surface area contributed by atoms with Gasteiger partial charge in [-0.25, -0.2) is 0 Å². The number of hydrogen-bond donors (Lipinski definition) is 1. The van der Waals surface area contributed by atoms with Crippen molar-refractivity contribution >= 4 is 17.7 Å². The molecule has 2 atom stereocenters. The van der Waals surface area contributed by atoms with Crippen molar-refractivity contribution in [2.75, 3.05) is 7.11 Å². The van der Waals surface area contributed by atoms with Gasteiger partial charge in [0.05, 0.1) is 18.4 Å². The predicted molar refractivity (Wildman–Crippen MR) is 132 cm³/mol. The van der Waals surface area contributed by atoms with Gasteiger partial charge in [0.15, 0.2) is 11.0 Å². The van der Waals surface area contributed by atoms with E-state index in [1.807, 2.05) is 103 Å². The molecule has 0 saturated carbocycles. The third-order valence-corrected chi connectivity index (χ3v) is 6.33. The van der Waals surface area contributed by atoms with Crippen LogP contribution in [-0.4, -0.2) is 33.0 Å². The van der Waals surface area contributed by atoms with Crippen molar-refractivity contribution in [1.82, 2.24) is 20.1 Å². The predicted octanol–water partition coefficient (Wildman–Crippen LogP) is 5.30. The summed E-state index contributed by atoms with van der Waals surface area (Å²) in [5.41, 5.74) is 2.87. The van der Waals surface area contributed by atoms with E-state index in [2.05, 4.69) is 15.5 Å². The van der Waals surface area contributed by atoms with Gasteiger partial charge in [0.25, 0.3) is 0 Å². The van der Waals surface area contributed by atoms with Crippen LogP contribution in [0.4, 0.5) is 0 Å². The second-order valence-electron chi connectivity index (χ2n) is 7.61. The Bertz CT molecular complexity index is 1210. The first kappa shape index (κ1) is 22.6. The van der Waals surface area contributed by atoms with Crippen molar-refractivity contribution < 1.29 is 9.53 Å². The van der Waals surface area contributed by atoms with Crippen LogP contribution in [0, 0.1) is 0 Å². The molecule has 168 valence electrons. The number of nitrogens with zero attached hydrogens (tertiary/aromatic N) is 3. The largest absolute Gasteiger partial charge is 0.497 e. The van der Waals surface area contributed by atoms with Crippen LogP contribution in [0.25, 0.3) is 17.1 Å². The van der Waals surface area contributed by atoms with E-state index < -0.39 is 0 Å². The van der Waals surface area contributed by atoms with Crippen LogP contribution in [0.3, 0.4) is 0 Å². The Morgan fingerprint density at radius 3 is 2.33 bits per heavy atom. The van der Waals surface area contributed by atoms with E-state index in [4.69, 9.17) is 4.74 Å². The number of thioether (sulfide) groups is 1. The number of hydrogen-bond acceptors (Lipinski definition) is 5. The van der Waals surface area contributed by atoms with E-state index in [0.29, 0.717) is 11.0 Å². The van der Waals surface area contributed by atoms with Gasteiger partial charge in [0.1, 0.15) is 5.75 Å². The van der Waals surface area contributed by atoms with Crippen molar-refractivity contribution in [1.29, 1.82) is 0 Å². The van der Waals surface area contributed by atoms with Crippen molar-refractivity contribution in [2.45, 2.75) is 30.3 Å². The molecular weight excluding hydrogens is 432 g/mol. The second kappa shape index (κ2) is 10.4. The van der Waals surface area contributed by atoms with Gasteiger partial charge in [-0.15, -0.1) is 10.2 Å². The molecule has 7 heteroatoms. The van der Waals surface area contributed by atoms with Crippen LogP contribution < -0.4 is 10.1 Å². The van der Waals surface area contributed by atoms with E-state index in [0.717, 1.165) is 22.6 Å². The highest BCUT2D eigenvalue weighted by atomic mass is 32.2. The van der Waals surface area contributed by atoms with Gasteiger partial charge in [-0.1, -0.05) is 72.4 Å². The molecule has 2 unspecified atom stereocenters. The Labute approximate surface area is 198 Å². The van der Waals surface area contributed by atoms with Crippen LogP contribution in [0.1, 0.15) is 25.5 Å². The number of carbonyl (C=O) groups excluding carboxylic acids is 1. The maximum absolute atomic E-state index is 12.9. The van der Waals surface area contributed by atoms with Gasteiger partial charge in [-0.05, 0) is 43.7 Å². The number of ether oxygens (including phenoxy) is 1. The monoisotopic (exact) mass is 458 g/mol. The summed E-state index contributed by atoms with van der Waals surface area (Å²) in [6.07, 6.45) is 0. The highest BCUT2D eigenvalue weighted by Gasteiger charge is 2.23. The number of rotatable bonds is 8. The molecule has 0 bridgehead atoms. The second-order valence-corrected chi connectivity index (χ2v) is 8.92. The zero-order valence-corrected chi connectivity index (χ0v) is 19.6. The fourth-order valence-corrected chi connectivity index (χ4v) is 4.35. The summed E-state index contributed by atoms with van der Waals surface area (Å²) in [6.45, 7) is 3.87. The molecule has 3 aromatic carbocycles. The third kappa shape index (κ3) is 5.26. The number of amides is 1. The molecule has 6 nitrogen and oxygen atoms in total. The van der Waals surface area contributed by atoms with Gasteiger partial charge in [0.2, 0.25) is 5.91 Å². The average Bonchev–Trinajstić information content (AvgIpc) is 3.28. The summed E-state index contributed by atoms with van der Waals surface area (Å²) >= 11 is 1.38. The van der Waals surface area contributed by atoms with Gasteiger partial charge in [0, 0.05) is 11.3 Å². The lowest BCUT2D eigenvalue weighted by Gasteiger charge is -2.18. The zero-order chi connectivity index (χ0) is 23.2. The van der Waals surface area contributed by atoms with E-state index >= 15 is 0 Å². The smallest absolute Gasteiger partial charge is 0.233 e. The normalized spacial score (nSPS) is 12.7. The first-order valence-corrected chi connectivity index (χ1v) is 11.6. The summed E-state index contributed by atoms with van der Waals surface area (Å²) in [7, 11) is 1.64. The number of aromatic nitrogens is 3. The van der Waals surface area contributed by atoms with Gasteiger partial charge in [-0.2, -0.15) is 0 Å². The summed E-state index contributed by atoms with van der Waals surface area (Å²) in [4.78, 5) is 12.9. The number of para-hydroxylation sites is 1. The molecule has 1 amide bonds. The Balaban J connectivity index is 1.61. The molecule has 0 saturated heterocycles. The lowest BCUT2D eigenvalue weighted by molar-refractivity contribution is -0.120. The minimum absolute atomic E-state index is 0.0538. The van der Waals surface area contributed by atoms with Crippen LogP contribution in [0.15, 0.2) is 90.1 Å². The Hall–Kier alpha value is -3.58. The number of benzene rings is 3. The number of methoxy groups -OCH3 is 1. The third-order valence-electron chi connectivity index (χ3n) is 5.29. The molecule has 0 radical (unpaired) electrons. The Kier molecular flexibility index (Phi) is 7.10. The van der Waals surface area contributed by atoms with Crippen molar-refractivity contribution in [3.8, 4) is 22.8 Å². The minimum atomic E-state index is -0.360. The average molecular weight is 459 g/mol. The molecule has 33 heavy (non-hydrogen) atoms. The Morgan fingerprint density at radius 2 is 1.64 bits per heavy atom. The van der Waals surface area contributed by atoms with Gasteiger partial charge >= 0.3 is 0 Å². The van der Waals surface area contributed by atoms with E-state index in [9.17, 15) is 4.79 Å². The summed E-state index contributed by atoms with van der Waals surface area (Å²) in [5.74, 6) is 1.38. The zero-order valence-electron chi connectivity index (χ0n) is 18.8. The molecule has 0 spiro atoms. The first-order chi connectivity index (χ1) is 16.1. The lowest BCUT2D eigenvalue weighted by atomic mass is 10.1. The van der Waals surface area contributed by atoms with Crippen LogP contribution >= 0.6 is 11.8 Å². The van der Waals surface area contributed by atoms with Crippen LogP contribution in [-0.2, 0) is 4.79 Å². The molecule has 1 heterocycles. The Morgan fingerprint density at radius 1 is 0.939 bits per heavy atom. The fraction of sp³-hybridized carbons (Fsp3) is 0.192. The van der Waals surface area contributed by atoms with Crippen LogP contribution in [0.2, 0.25) is 0 Å². The van der Waals surface area contributed by atoms with Crippen molar-refractivity contribution in [3.05, 3.63) is 90.5 Å². The summed E-state index contributed by atoms with van der Waals surface area (Å²) < 4.78 is 7.36.